The van der Waals surface area contributed by atoms with Crippen LogP contribution in [-0.4, -0.2) is 15.7 Å². The van der Waals surface area contributed by atoms with Crippen LogP contribution in [0.5, 0.6) is 5.75 Å². The topological polar surface area (TPSA) is 69.3 Å². The first kappa shape index (κ1) is 23.9. The normalized spacial score (nSPS) is 11.1. The Balaban J connectivity index is 1.38. The fourth-order valence-electron chi connectivity index (χ4n) is 3.48. The van der Waals surface area contributed by atoms with E-state index in [1.165, 1.54) is 0 Å². The van der Waals surface area contributed by atoms with Gasteiger partial charge >= 0.3 is 0 Å². The molecule has 0 aliphatic rings. The number of hydrogen-bond donors (Lipinski definition) is 1. The minimum Gasteiger partial charge on any atom is -0.485 e. The number of carbonyl (C=O) groups is 1. The summed E-state index contributed by atoms with van der Waals surface area (Å²) >= 11 is 12.5. The van der Waals surface area contributed by atoms with Gasteiger partial charge in [-0.05, 0) is 59.9 Å². The smallest absolute Gasteiger partial charge is 0.291 e. The third kappa shape index (κ3) is 5.64. The Hall–Kier alpha value is -3.22. The van der Waals surface area contributed by atoms with Gasteiger partial charge in [0, 0.05) is 16.2 Å². The number of hydrogen-bond acceptors (Lipinski definition) is 4. The van der Waals surface area contributed by atoms with E-state index in [9.17, 15) is 4.79 Å². The predicted molar refractivity (Wildman–Crippen MR) is 134 cm³/mol. The third-order valence-corrected chi connectivity index (χ3v) is 6.13. The summed E-state index contributed by atoms with van der Waals surface area (Å²) in [6.45, 7) is 6.80. The summed E-state index contributed by atoms with van der Waals surface area (Å²) in [6, 6.07) is 14.8. The molecule has 0 bridgehead atoms. The van der Waals surface area contributed by atoms with Crippen LogP contribution in [0.2, 0.25) is 10.0 Å². The number of aryl methyl sites for hydroxylation is 1. The SMILES string of the molecule is Cc1cc(OCc2ccc(C(=O)Nc3cnn(Cc4ccccc4Cl)c3)o2)c(C(C)C)cc1Cl. The van der Waals surface area contributed by atoms with Crippen LogP contribution in [0.15, 0.2) is 65.3 Å². The molecule has 0 atom stereocenters. The van der Waals surface area contributed by atoms with Crippen LogP contribution in [0.25, 0.3) is 0 Å². The average Bonchev–Trinajstić information content (AvgIpc) is 3.45. The number of rotatable bonds is 8. The Morgan fingerprint density at radius 3 is 2.71 bits per heavy atom. The molecule has 4 rings (SSSR count). The molecule has 2 aromatic heterocycles. The Kier molecular flexibility index (Phi) is 7.29. The van der Waals surface area contributed by atoms with E-state index in [2.05, 4.69) is 24.3 Å². The first-order valence-corrected chi connectivity index (χ1v) is 11.6. The van der Waals surface area contributed by atoms with E-state index in [1.54, 1.807) is 29.2 Å². The number of furan rings is 1. The van der Waals surface area contributed by atoms with E-state index < -0.39 is 0 Å². The number of benzene rings is 2. The first-order chi connectivity index (χ1) is 16.3. The molecular formula is C26H25Cl2N3O3. The number of ether oxygens (including phenoxy) is 1. The zero-order chi connectivity index (χ0) is 24.2. The molecule has 2 aromatic carbocycles. The molecule has 1 N–H and O–H groups in total. The average molecular weight is 498 g/mol. The molecule has 6 nitrogen and oxygen atoms in total. The van der Waals surface area contributed by atoms with Crippen LogP contribution in [-0.2, 0) is 13.2 Å². The van der Waals surface area contributed by atoms with Crippen molar-refractivity contribution < 1.29 is 13.9 Å². The molecular weight excluding hydrogens is 473 g/mol. The van der Waals surface area contributed by atoms with Gasteiger partial charge in [-0.3, -0.25) is 9.48 Å². The summed E-state index contributed by atoms with van der Waals surface area (Å²) in [5.41, 5.74) is 3.46. The highest BCUT2D eigenvalue weighted by atomic mass is 35.5. The monoisotopic (exact) mass is 497 g/mol. The minimum atomic E-state index is -0.367. The third-order valence-electron chi connectivity index (χ3n) is 5.35. The Bertz CT molecular complexity index is 1310. The number of halogens is 2. The van der Waals surface area contributed by atoms with Crippen molar-refractivity contribution in [3.8, 4) is 5.75 Å². The lowest BCUT2D eigenvalue weighted by Crippen LogP contribution is -2.10. The number of carbonyl (C=O) groups excluding carboxylic acids is 1. The lowest BCUT2D eigenvalue weighted by molar-refractivity contribution is 0.0992. The van der Waals surface area contributed by atoms with Crippen LogP contribution < -0.4 is 10.1 Å². The second-order valence-electron chi connectivity index (χ2n) is 8.32. The second kappa shape index (κ2) is 10.4. The minimum absolute atomic E-state index is 0.189. The van der Waals surface area contributed by atoms with Gasteiger partial charge in [-0.1, -0.05) is 55.2 Å². The molecule has 0 fully saturated rings. The number of aromatic nitrogens is 2. The largest absolute Gasteiger partial charge is 0.485 e. The van der Waals surface area contributed by atoms with Gasteiger partial charge in [0.25, 0.3) is 5.91 Å². The maximum absolute atomic E-state index is 12.6. The Morgan fingerprint density at radius 2 is 1.94 bits per heavy atom. The number of nitrogens with one attached hydrogen (secondary N) is 1. The van der Waals surface area contributed by atoms with Crippen molar-refractivity contribution in [2.45, 2.75) is 39.8 Å². The molecule has 0 aliphatic carbocycles. The van der Waals surface area contributed by atoms with E-state index in [0.29, 0.717) is 28.0 Å². The lowest BCUT2D eigenvalue weighted by atomic mass is 10.0. The van der Waals surface area contributed by atoms with Crippen molar-refractivity contribution in [1.82, 2.24) is 9.78 Å². The van der Waals surface area contributed by atoms with Crippen molar-refractivity contribution in [3.05, 3.63) is 99.2 Å². The summed E-state index contributed by atoms with van der Waals surface area (Å²) in [7, 11) is 0. The Labute approximate surface area is 208 Å². The second-order valence-corrected chi connectivity index (χ2v) is 9.14. The van der Waals surface area contributed by atoms with Crippen LogP contribution in [0.3, 0.4) is 0 Å². The van der Waals surface area contributed by atoms with Crippen molar-refractivity contribution in [2.75, 3.05) is 5.32 Å². The van der Waals surface area contributed by atoms with Gasteiger partial charge in [0.2, 0.25) is 0 Å². The van der Waals surface area contributed by atoms with Crippen LogP contribution in [0, 0.1) is 6.92 Å². The highest BCUT2D eigenvalue weighted by Crippen LogP contribution is 2.32. The summed E-state index contributed by atoms with van der Waals surface area (Å²) < 4.78 is 13.4. The number of anilines is 1. The van der Waals surface area contributed by atoms with E-state index in [-0.39, 0.29) is 24.2 Å². The quantitative estimate of drug-likeness (QED) is 0.282. The van der Waals surface area contributed by atoms with E-state index in [4.69, 9.17) is 32.4 Å². The molecule has 8 heteroatoms. The van der Waals surface area contributed by atoms with Gasteiger partial charge < -0.3 is 14.5 Å². The van der Waals surface area contributed by atoms with Crippen molar-refractivity contribution >= 4 is 34.8 Å². The Morgan fingerprint density at radius 1 is 1.15 bits per heavy atom. The molecule has 0 radical (unpaired) electrons. The van der Waals surface area contributed by atoms with Crippen LogP contribution in [0.1, 0.15) is 52.8 Å². The van der Waals surface area contributed by atoms with Crippen molar-refractivity contribution in [3.63, 3.8) is 0 Å². The van der Waals surface area contributed by atoms with Crippen LogP contribution in [0.4, 0.5) is 5.69 Å². The summed E-state index contributed by atoms with van der Waals surface area (Å²) in [5.74, 6) is 1.37. The molecule has 4 aromatic rings. The predicted octanol–water partition coefficient (Wildman–Crippen LogP) is 7.09. The van der Waals surface area contributed by atoms with Crippen molar-refractivity contribution in [1.29, 1.82) is 0 Å². The fourth-order valence-corrected chi connectivity index (χ4v) is 3.85. The maximum atomic E-state index is 12.6. The molecule has 0 saturated carbocycles. The van der Waals surface area contributed by atoms with Gasteiger partial charge in [0.05, 0.1) is 18.4 Å². The molecule has 34 heavy (non-hydrogen) atoms. The first-order valence-electron chi connectivity index (χ1n) is 10.9. The van der Waals surface area contributed by atoms with Gasteiger partial charge in [-0.15, -0.1) is 0 Å². The highest BCUT2D eigenvalue weighted by molar-refractivity contribution is 6.31. The van der Waals surface area contributed by atoms with Gasteiger partial charge in [-0.25, -0.2) is 0 Å². The van der Waals surface area contributed by atoms with Gasteiger partial charge in [-0.2, -0.15) is 5.10 Å². The zero-order valence-electron chi connectivity index (χ0n) is 19.1. The molecule has 176 valence electrons. The standard InChI is InChI=1S/C26H25Cl2N3O3/c1-16(2)21-11-23(28)17(3)10-25(21)33-15-20-8-9-24(34-20)26(32)30-19-12-29-31(14-19)13-18-6-4-5-7-22(18)27/h4-12,14,16H,13,15H2,1-3H3,(H,30,32). The van der Waals surface area contributed by atoms with Crippen molar-refractivity contribution in [2.24, 2.45) is 0 Å². The summed E-state index contributed by atoms with van der Waals surface area (Å²) in [5, 5.41) is 8.47. The number of amides is 1. The summed E-state index contributed by atoms with van der Waals surface area (Å²) in [4.78, 5) is 12.6. The lowest BCUT2D eigenvalue weighted by Gasteiger charge is -2.15. The zero-order valence-corrected chi connectivity index (χ0v) is 20.7. The molecule has 0 unspecified atom stereocenters. The molecule has 0 aliphatic heterocycles. The summed E-state index contributed by atoms with van der Waals surface area (Å²) in [6.07, 6.45) is 3.32. The van der Waals surface area contributed by atoms with Crippen LogP contribution >= 0.6 is 23.2 Å². The molecule has 1 amide bonds. The molecule has 0 saturated heterocycles. The van der Waals surface area contributed by atoms with Gasteiger partial charge in [0.1, 0.15) is 18.1 Å². The van der Waals surface area contributed by atoms with E-state index in [1.807, 2.05) is 43.3 Å². The highest BCUT2D eigenvalue weighted by Gasteiger charge is 2.15. The van der Waals surface area contributed by atoms with Gasteiger partial charge in [0.15, 0.2) is 5.76 Å². The fraction of sp³-hybridized carbons (Fsp3) is 0.231. The van der Waals surface area contributed by atoms with E-state index in [0.717, 1.165) is 22.4 Å². The molecule has 2 heterocycles. The molecule has 0 spiro atoms. The number of nitrogens with zero attached hydrogens (tertiary/aromatic N) is 2. The maximum Gasteiger partial charge on any atom is 0.291 e. The van der Waals surface area contributed by atoms with E-state index >= 15 is 0 Å².